The number of anilines is 1. The average molecular weight is 374 g/mol. The Morgan fingerprint density at radius 1 is 1.27 bits per heavy atom. The smallest absolute Gasteiger partial charge is 0.360 e. The van der Waals surface area contributed by atoms with Crippen molar-refractivity contribution in [1.82, 2.24) is 9.97 Å². The van der Waals surface area contributed by atoms with Gasteiger partial charge < -0.3 is 14.9 Å². The number of hydrogen-bond acceptors (Lipinski definition) is 6. The fraction of sp³-hybridized carbons (Fsp3) is 0.421. The molecule has 0 saturated heterocycles. The minimum absolute atomic E-state index is 0.0212. The number of ether oxygens (including phenoxy) is 1. The lowest BCUT2D eigenvalue weighted by atomic mass is 10.1. The van der Waals surface area contributed by atoms with E-state index in [4.69, 9.17) is 14.9 Å². The molecule has 0 amide bonds. The summed E-state index contributed by atoms with van der Waals surface area (Å²) in [5, 5.41) is 0.155. The number of rotatable bonds is 5. The van der Waals surface area contributed by atoms with Gasteiger partial charge in [0.25, 0.3) is 0 Å². The van der Waals surface area contributed by atoms with Crippen molar-refractivity contribution in [2.24, 2.45) is 0 Å². The lowest BCUT2D eigenvalue weighted by Crippen LogP contribution is -2.40. The molecule has 7 heteroatoms. The molecule has 1 aromatic heterocycles. The highest BCUT2D eigenvalue weighted by Gasteiger charge is 2.37. The van der Waals surface area contributed by atoms with Crippen LogP contribution in [0, 0.1) is 0 Å². The maximum atomic E-state index is 11.8. The topological polar surface area (TPSA) is 87.3 Å². The Balaban J connectivity index is 2.26. The molecule has 0 aliphatic rings. The van der Waals surface area contributed by atoms with Gasteiger partial charge in [0.05, 0.1) is 25.6 Å². The lowest BCUT2D eigenvalue weighted by Gasteiger charge is -2.36. The molecule has 0 aliphatic carbocycles. The minimum Gasteiger partial charge on any atom is -0.464 e. The fourth-order valence-electron chi connectivity index (χ4n) is 2.09. The number of methoxy groups -OCH3 is 1. The Bertz CT molecular complexity index is 801. The van der Waals surface area contributed by atoms with E-state index in [2.05, 4.69) is 43.8 Å². The summed E-state index contributed by atoms with van der Waals surface area (Å²) in [6, 6.07) is 7.86. The summed E-state index contributed by atoms with van der Waals surface area (Å²) < 4.78 is 11.0. The predicted octanol–water partition coefficient (Wildman–Crippen LogP) is 4.03. The molecule has 26 heavy (non-hydrogen) atoms. The zero-order valence-electron chi connectivity index (χ0n) is 16.3. The van der Waals surface area contributed by atoms with E-state index >= 15 is 0 Å². The molecule has 0 bridgehead atoms. The molecular formula is C19H27N3O3Si. The lowest BCUT2D eigenvalue weighted by molar-refractivity contribution is 0.0595. The molecule has 6 nitrogen and oxygen atoms in total. The predicted molar refractivity (Wildman–Crippen MR) is 105 cm³/mol. The van der Waals surface area contributed by atoms with E-state index in [-0.39, 0.29) is 16.6 Å². The van der Waals surface area contributed by atoms with Crippen LogP contribution in [0.5, 0.6) is 0 Å². The third-order valence-electron chi connectivity index (χ3n) is 4.81. The first-order valence-electron chi connectivity index (χ1n) is 8.49. The first kappa shape index (κ1) is 20.1. The maximum Gasteiger partial charge on any atom is 0.360 e. The first-order valence-corrected chi connectivity index (χ1v) is 11.4. The second kappa shape index (κ2) is 7.55. The molecule has 0 aliphatic heterocycles. The van der Waals surface area contributed by atoms with E-state index in [0.717, 1.165) is 11.1 Å². The van der Waals surface area contributed by atoms with Gasteiger partial charge in [0.2, 0.25) is 0 Å². The number of aromatic nitrogens is 2. The number of esters is 1. The van der Waals surface area contributed by atoms with Crippen LogP contribution < -0.4 is 5.73 Å². The number of carbonyl (C=O) groups excluding carboxylic acids is 1. The normalized spacial score (nSPS) is 12.1. The van der Waals surface area contributed by atoms with E-state index < -0.39 is 14.3 Å². The second-order valence-electron chi connectivity index (χ2n) is 7.73. The Morgan fingerprint density at radius 3 is 2.58 bits per heavy atom. The van der Waals surface area contributed by atoms with Crippen molar-refractivity contribution in [3.05, 3.63) is 41.7 Å². The van der Waals surface area contributed by atoms with Gasteiger partial charge in [0, 0.05) is 5.56 Å². The van der Waals surface area contributed by atoms with Crippen molar-refractivity contribution in [3.8, 4) is 11.3 Å². The molecule has 2 rings (SSSR count). The number of carbonyl (C=O) groups is 1. The molecule has 140 valence electrons. The fourth-order valence-corrected chi connectivity index (χ4v) is 3.05. The Labute approximate surface area is 155 Å². The molecule has 0 fully saturated rings. The Morgan fingerprint density at radius 2 is 1.96 bits per heavy atom. The van der Waals surface area contributed by atoms with Gasteiger partial charge in [-0.1, -0.05) is 39.0 Å². The number of benzene rings is 1. The number of nitrogens with zero attached hydrogens (tertiary/aromatic N) is 2. The molecule has 0 unspecified atom stereocenters. The average Bonchev–Trinajstić information content (AvgIpc) is 2.59. The van der Waals surface area contributed by atoms with Crippen LogP contribution in [0.1, 0.15) is 36.8 Å². The first-order chi connectivity index (χ1) is 12.0. The van der Waals surface area contributed by atoms with Crippen molar-refractivity contribution < 1.29 is 14.0 Å². The van der Waals surface area contributed by atoms with Crippen molar-refractivity contribution >= 4 is 20.1 Å². The molecule has 0 spiro atoms. The Hall–Kier alpha value is -2.25. The van der Waals surface area contributed by atoms with Gasteiger partial charge in [-0.25, -0.2) is 14.8 Å². The molecule has 2 N–H and O–H groups in total. The summed E-state index contributed by atoms with van der Waals surface area (Å²) in [7, 11) is -0.540. The Kier molecular flexibility index (Phi) is 5.83. The number of hydrogen-bond donors (Lipinski definition) is 1. The maximum absolute atomic E-state index is 11.8. The van der Waals surface area contributed by atoms with Crippen molar-refractivity contribution in [2.45, 2.75) is 45.5 Å². The van der Waals surface area contributed by atoms with Crippen LogP contribution in [0.25, 0.3) is 11.3 Å². The van der Waals surface area contributed by atoms with Crippen LogP contribution in [0.2, 0.25) is 18.1 Å². The van der Waals surface area contributed by atoms with Crippen LogP contribution in [0.4, 0.5) is 5.82 Å². The van der Waals surface area contributed by atoms with Crippen LogP contribution >= 0.6 is 0 Å². The van der Waals surface area contributed by atoms with E-state index in [9.17, 15) is 4.79 Å². The van der Waals surface area contributed by atoms with Gasteiger partial charge >= 0.3 is 5.97 Å². The third kappa shape index (κ3) is 4.47. The van der Waals surface area contributed by atoms with Crippen molar-refractivity contribution in [2.75, 3.05) is 12.8 Å². The molecule has 0 atom stereocenters. The highest BCUT2D eigenvalue weighted by Crippen LogP contribution is 2.37. The third-order valence-corrected chi connectivity index (χ3v) is 9.29. The van der Waals surface area contributed by atoms with E-state index in [1.807, 2.05) is 24.3 Å². The van der Waals surface area contributed by atoms with Crippen LogP contribution in [0.15, 0.2) is 30.5 Å². The highest BCUT2D eigenvalue weighted by atomic mass is 28.4. The zero-order chi connectivity index (χ0) is 19.5. The molecule has 2 aromatic rings. The highest BCUT2D eigenvalue weighted by molar-refractivity contribution is 6.74. The zero-order valence-corrected chi connectivity index (χ0v) is 17.3. The van der Waals surface area contributed by atoms with E-state index in [1.165, 1.54) is 7.11 Å². The molecule has 0 radical (unpaired) electrons. The summed E-state index contributed by atoms with van der Waals surface area (Å²) in [6.45, 7) is 11.6. The molecular weight excluding hydrogens is 346 g/mol. The van der Waals surface area contributed by atoms with E-state index in [0.29, 0.717) is 12.3 Å². The monoisotopic (exact) mass is 373 g/mol. The quantitative estimate of drug-likeness (QED) is 0.629. The van der Waals surface area contributed by atoms with Crippen LogP contribution in [0.3, 0.4) is 0 Å². The minimum atomic E-state index is -1.83. The largest absolute Gasteiger partial charge is 0.464 e. The molecule has 0 saturated carbocycles. The standard InChI is InChI=1S/C19H27N3O3Si/c1-19(2,3)26(5,6)25-12-13-8-7-9-14(10-13)15-11-21-17(20)16(22-15)18(23)24-4/h7-11H,12H2,1-6H3,(H2,20,21). The van der Waals surface area contributed by atoms with Gasteiger partial charge in [-0.2, -0.15) is 0 Å². The second-order valence-corrected chi connectivity index (χ2v) is 12.5. The van der Waals surface area contributed by atoms with Gasteiger partial charge in [-0.15, -0.1) is 0 Å². The van der Waals surface area contributed by atoms with Crippen molar-refractivity contribution in [3.63, 3.8) is 0 Å². The summed E-state index contributed by atoms with van der Waals surface area (Å²) in [5.74, 6) is -0.549. The van der Waals surface area contributed by atoms with Gasteiger partial charge in [-0.05, 0) is 29.8 Å². The van der Waals surface area contributed by atoms with Gasteiger partial charge in [-0.3, -0.25) is 0 Å². The SMILES string of the molecule is COC(=O)c1nc(-c2cccc(CO[Si](C)(C)C(C)(C)C)c2)cnc1N. The van der Waals surface area contributed by atoms with Gasteiger partial charge in [0.1, 0.15) is 0 Å². The summed E-state index contributed by atoms with van der Waals surface area (Å²) in [5.41, 5.74) is 8.20. The van der Waals surface area contributed by atoms with Crippen LogP contribution in [-0.2, 0) is 15.8 Å². The van der Waals surface area contributed by atoms with Crippen LogP contribution in [-0.4, -0.2) is 31.4 Å². The number of nitrogen functional groups attached to an aromatic ring is 1. The van der Waals surface area contributed by atoms with Gasteiger partial charge in [0.15, 0.2) is 19.8 Å². The summed E-state index contributed by atoms with van der Waals surface area (Å²) >= 11 is 0. The number of nitrogens with two attached hydrogens (primary N) is 1. The van der Waals surface area contributed by atoms with Crippen molar-refractivity contribution in [1.29, 1.82) is 0 Å². The van der Waals surface area contributed by atoms with E-state index in [1.54, 1.807) is 6.20 Å². The molecule has 1 heterocycles. The summed E-state index contributed by atoms with van der Waals surface area (Å²) in [6.07, 6.45) is 1.55. The molecule has 1 aromatic carbocycles. The summed E-state index contributed by atoms with van der Waals surface area (Å²) in [4.78, 5) is 20.1.